The van der Waals surface area contributed by atoms with E-state index < -0.39 is 17.5 Å². The second-order valence-electron chi connectivity index (χ2n) is 8.63. The molecule has 4 aromatic rings. The summed E-state index contributed by atoms with van der Waals surface area (Å²) < 4.78 is 28.6. The van der Waals surface area contributed by atoms with Gasteiger partial charge in [0.15, 0.2) is 0 Å². The molecule has 0 unspecified atom stereocenters. The Morgan fingerprint density at radius 1 is 1.25 bits per heavy atom. The Balaban J connectivity index is 1.83. The maximum atomic E-state index is 14.4. The maximum Gasteiger partial charge on any atom is 0.419 e. The zero-order valence-corrected chi connectivity index (χ0v) is 18.6. The molecular weight excluding hydrogens is 411 g/mol. The lowest BCUT2D eigenvalue weighted by atomic mass is 10.0. The highest BCUT2D eigenvalue weighted by Crippen LogP contribution is 2.33. The van der Waals surface area contributed by atoms with Gasteiger partial charge in [-0.05, 0) is 57.5 Å². The molecule has 0 bridgehead atoms. The van der Waals surface area contributed by atoms with E-state index in [9.17, 15) is 9.18 Å². The van der Waals surface area contributed by atoms with Crippen LogP contribution in [-0.2, 0) is 11.3 Å². The molecule has 2 heterocycles. The summed E-state index contributed by atoms with van der Waals surface area (Å²) in [6, 6.07) is 8.38. The quantitative estimate of drug-likeness (QED) is 0.445. The molecule has 0 saturated carbocycles. The van der Waals surface area contributed by atoms with Crippen LogP contribution in [-0.4, -0.2) is 33.2 Å². The highest BCUT2D eigenvalue weighted by atomic mass is 19.1. The third kappa shape index (κ3) is 3.78. The largest absolute Gasteiger partial charge is 0.496 e. The van der Waals surface area contributed by atoms with Crippen molar-refractivity contribution in [2.75, 3.05) is 7.11 Å². The maximum absolute atomic E-state index is 14.4. The van der Waals surface area contributed by atoms with Gasteiger partial charge in [-0.15, -0.1) is 0 Å². The molecule has 2 aromatic carbocycles. The first kappa shape index (κ1) is 21.4. The summed E-state index contributed by atoms with van der Waals surface area (Å²) in [4.78, 5) is 12.8. The van der Waals surface area contributed by atoms with E-state index in [1.54, 1.807) is 30.3 Å². The number of halogens is 1. The van der Waals surface area contributed by atoms with Crippen molar-refractivity contribution in [1.29, 1.82) is 5.26 Å². The molecule has 0 radical (unpaired) electrons. The minimum Gasteiger partial charge on any atom is -0.496 e. The molecule has 0 atom stereocenters. The van der Waals surface area contributed by atoms with E-state index in [0.29, 0.717) is 22.2 Å². The summed E-state index contributed by atoms with van der Waals surface area (Å²) in [5.74, 6) is 0.136. The van der Waals surface area contributed by atoms with Crippen LogP contribution >= 0.6 is 0 Å². The Morgan fingerprint density at radius 3 is 2.66 bits per heavy atom. The molecule has 0 N–H and O–H groups in total. The van der Waals surface area contributed by atoms with Gasteiger partial charge in [0.2, 0.25) is 0 Å². The average molecular weight is 434 g/mol. The number of carbonyl (C=O) groups excluding carboxylic acids is 1. The summed E-state index contributed by atoms with van der Waals surface area (Å²) in [6.07, 6.45) is 2.80. The first-order chi connectivity index (χ1) is 15.1. The van der Waals surface area contributed by atoms with Gasteiger partial charge in [0, 0.05) is 23.3 Å². The van der Waals surface area contributed by atoms with Crippen LogP contribution in [0.15, 0.2) is 36.7 Å². The molecule has 0 aliphatic heterocycles. The molecule has 0 aliphatic carbocycles. The lowest BCUT2D eigenvalue weighted by Gasteiger charge is -2.20. The highest BCUT2D eigenvalue weighted by Gasteiger charge is 2.22. The van der Waals surface area contributed by atoms with Gasteiger partial charge in [0.05, 0.1) is 41.7 Å². The molecule has 0 fully saturated rings. The Bertz CT molecular complexity index is 1400. The van der Waals surface area contributed by atoms with Gasteiger partial charge in [0.25, 0.3) is 0 Å². The topological polar surface area (TPSA) is 82.1 Å². The Morgan fingerprint density at radius 2 is 2.00 bits per heavy atom. The minimum atomic E-state index is -0.627. The Kier molecular flexibility index (Phi) is 5.13. The molecule has 164 valence electrons. The lowest BCUT2D eigenvalue weighted by Crippen LogP contribution is -2.26. The van der Waals surface area contributed by atoms with Crippen LogP contribution in [0.2, 0.25) is 0 Å². The summed E-state index contributed by atoms with van der Waals surface area (Å²) in [7, 11) is 1.58. The molecule has 0 saturated heterocycles. The molecule has 32 heavy (non-hydrogen) atoms. The predicted octanol–water partition coefficient (Wildman–Crippen LogP) is 5.15. The van der Waals surface area contributed by atoms with Gasteiger partial charge in [0.1, 0.15) is 17.2 Å². The van der Waals surface area contributed by atoms with E-state index in [2.05, 4.69) is 5.10 Å². The fourth-order valence-corrected chi connectivity index (χ4v) is 3.81. The molecule has 0 aliphatic rings. The molecular formula is C24H23FN4O3. The van der Waals surface area contributed by atoms with Crippen molar-refractivity contribution in [3.63, 3.8) is 0 Å². The van der Waals surface area contributed by atoms with E-state index in [1.807, 2.05) is 45.9 Å². The van der Waals surface area contributed by atoms with Gasteiger partial charge in [-0.2, -0.15) is 10.4 Å². The summed E-state index contributed by atoms with van der Waals surface area (Å²) in [5, 5.41) is 14.7. The normalized spacial score (nSPS) is 11.7. The second-order valence-corrected chi connectivity index (χ2v) is 8.63. The van der Waals surface area contributed by atoms with E-state index in [4.69, 9.17) is 14.7 Å². The lowest BCUT2D eigenvalue weighted by molar-refractivity contribution is 0.0544. The third-order valence-corrected chi connectivity index (χ3v) is 5.11. The van der Waals surface area contributed by atoms with Crippen LogP contribution in [0.4, 0.5) is 9.18 Å². The summed E-state index contributed by atoms with van der Waals surface area (Å²) in [6.45, 7) is 7.64. The van der Waals surface area contributed by atoms with Crippen molar-refractivity contribution in [3.05, 3.63) is 59.2 Å². The number of nitriles is 1. The first-order valence-electron chi connectivity index (χ1n) is 10.1. The highest BCUT2D eigenvalue weighted by molar-refractivity contribution is 5.95. The number of carbonyl (C=O) groups is 1. The Hall–Kier alpha value is -3.86. The fraction of sp³-hybridized carbons (Fsp3) is 0.292. The van der Waals surface area contributed by atoms with Crippen molar-refractivity contribution < 1.29 is 18.7 Å². The van der Waals surface area contributed by atoms with Gasteiger partial charge >= 0.3 is 6.09 Å². The number of methoxy groups -OCH3 is 1. The van der Waals surface area contributed by atoms with Crippen molar-refractivity contribution in [3.8, 4) is 11.8 Å². The second kappa shape index (κ2) is 7.68. The van der Waals surface area contributed by atoms with Crippen LogP contribution in [0.5, 0.6) is 5.75 Å². The van der Waals surface area contributed by atoms with E-state index in [0.717, 1.165) is 16.5 Å². The number of fused-ring (bicyclic) bond motifs is 2. The van der Waals surface area contributed by atoms with Crippen LogP contribution < -0.4 is 4.74 Å². The van der Waals surface area contributed by atoms with Crippen molar-refractivity contribution >= 4 is 27.9 Å². The minimum absolute atomic E-state index is 0.213. The van der Waals surface area contributed by atoms with E-state index in [1.165, 1.54) is 10.6 Å². The van der Waals surface area contributed by atoms with E-state index in [-0.39, 0.29) is 12.1 Å². The van der Waals surface area contributed by atoms with Crippen molar-refractivity contribution in [2.24, 2.45) is 0 Å². The number of ether oxygens (including phenoxy) is 2. The Labute approximate surface area is 184 Å². The zero-order valence-electron chi connectivity index (χ0n) is 18.6. The molecule has 4 rings (SSSR count). The van der Waals surface area contributed by atoms with Crippen molar-refractivity contribution in [1.82, 2.24) is 14.3 Å². The molecule has 7 nitrogen and oxygen atoms in total. The number of aryl methyl sites for hydroxylation is 1. The first-order valence-corrected chi connectivity index (χ1v) is 10.1. The summed E-state index contributed by atoms with van der Waals surface area (Å²) >= 11 is 0. The van der Waals surface area contributed by atoms with Crippen LogP contribution in [0.1, 0.15) is 37.5 Å². The monoisotopic (exact) mass is 434 g/mol. The third-order valence-electron chi connectivity index (χ3n) is 5.11. The number of hydrogen-bond acceptors (Lipinski definition) is 5. The number of nitrogens with zero attached hydrogens (tertiary/aromatic N) is 4. The summed E-state index contributed by atoms with van der Waals surface area (Å²) in [5.41, 5.74) is 2.35. The van der Waals surface area contributed by atoms with Gasteiger partial charge in [-0.25, -0.2) is 9.18 Å². The van der Waals surface area contributed by atoms with Crippen molar-refractivity contribution in [2.45, 2.75) is 39.8 Å². The molecule has 0 spiro atoms. The van der Waals surface area contributed by atoms with Crippen LogP contribution in [0.25, 0.3) is 21.8 Å². The number of hydrogen-bond donors (Lipinski definition) is 0. The van der Waals surface area contributed by atoms with Crippen LogP contribution in [0, 0.1) is 24.1 Å². The zero-order chi connectivity index (χ0) is 23.2. The average Bonchev–Trinajstić information content (AvgIpc) is 3.33. The molecule has 0 amide bonds. The van der Waals surface area contributed by atoms with Gasteiger partial charge in [-0.3, -0.25) is 9.25 Å². The van der Waals surface area contributed by atoms with Gasteiger partial charge < -0.3 is 9.47 Å². The smallest absolute Gasteiger partial charge is 0.419 e. The van der Waals surface area contributed by atoms with E-state index >= 15 is 0 Å². The number of aromatic nitrogens is 3. The SMILES string of the molecule is COc1cc(C)c2c(ccn2C(=O)OC(C)(C)C)c1Cn1cc2c(F)cc(C#N)cc2n1. The standard InChI is InChI=1S/C24H23FN4O3/c1-14-8-21(31-5)17(16-6-7-29(22(14)16)23(30)32-24(2,3)4)12-28-13-18-19(25)9-15(11-26)10-20(18)27-28/h6-10,13H,12H2,1-5H3. The fourth-order valence-electron chi connectivity index (χ4n) is 3.81. The number of benzene rings is 2. The molecule has 2 aromatic heterocycles. The molecule has 8 heteroatoms. The number of rotatable bonds is 3. The predicted molar refractivity (Wildman–Crippen MR) is 118 cm³/mol. The van der Waals surface area contributed by atoms with Crippen LogP contribution in [0.3, 0.4) is 0 Å². The van der Waals surface area contributed by atoms with Gasteiger partial charge in [-0.1, -0.05) is 0 Å².